The molecule has 0 aliphatic carbocycles. The Bertz CT molecular complexity index is 1900. The molecule has 6 N–H and O–H groups in total. The average molecular weight is 789 g/mol. The van der Waals surface area contributed by atoms with E-state index in [1.807, 2.05) is 31.8 Å². The minimum atomic E-state index is 0. The van der Waals surface area contributed by atoms with Gasteiger partial charge in [-0.3, -0.25) is 9.59 Å². The molecule has 17 nitrogen and oxygen atoms in total. The first-order valence-electron chi connectivity index (χ1n) is 18.9. The summed E-state index contributed by atoms with van der Waals surface area (Å²) in [5.41, 5.74) is 13.7. The van der Waals surface area contributed by atoms with Crippen molar-refractivity contribution in [2.75, 3.05) is 102 Å². The molecule has 0 saturated carbocycles. The summed E-state index contributed by atoms with van der Waals surface area (Å²) in [5.74, 6) is 4.37. The highest BCUT2D eigenvalue weighted by atomic mass is 16.5. The molecule has 2 aromatic heterocycles. The molecule has 0 spiro atoms. The number of hydrogen-bond donors (Lipinski definition) is 2. The van der Waals surface area contributed by atoms with E-state index < -0.39 is 0 Å². The highest BCUT2D eigenvalue weighted by Crippen LogP contribution is 2.35. The van der Waals surface area contributed by atoms with E-state index in [0.29, 0.717) is 110 Å². The summed E-state index contributed by atoms with van der Waals surface area (Å²) in [6, 6.07) is 7.17. The number of hydrogen-bond acceptors (Lipinski definition) is 14. The standard InChI is InChI=1S/2C20H27N5O3.H2O/c2*1-4-5-6-7-18(26)24-8-10-25(11-9-24)20-22-15-13-17(28-3)16(27-2)12-14(15)19(21)23-20;/h2*6-7,12-13H,4-5,8-11H2,1-3H3,(H2,21,22,23);1H2. The quantitative estimate of drug-likeness (QED) is 0.196. The number of anilines is 4. The Hall–Kier alpha value is -6.10. The van der Waals surface area contributed by atoms with Gasteiger partial charge >= 0.3 is 0 Å². The molecule has 2 saturated heterocycles. The molecule has 17 heteroatoms. The van der Waals surface area contributed by atoms with Crippen LogP contribution in [0.3, 0.4) is 0 Å². The summed E-state index contributed by atoms with van der Waals surface area (Å²) in [5, 5.41) is 1.44. The van der Waals surface area contributed by atoms with Crippen molar-refractivity contribution >= 4 is 57.2 Å². The van der Waals surface area contributed by atoms with Gasteiger partial charge in [0.05, 0.1) is 39.5 Å². The molecule has 4 heterocycles. The number of methoxy groups -OCH3 is 4. The van der Waals surface area contributed by atoms with E-state index >= 15 is 0 Å². The highest BCUT2D eigenvalue weighted by molar-refractivity contribution is 5.93. The smallest absolute Gasteiger partial charge is 0.246 e. The van der Waals surface area contributed by atoms with Gasteiger partial charge in [0.15, 0.2) is 23.0 Å². The number of fused-ring (bicyclic) bond motifs is 2. The number of carbonyl (C=O) groups is 2. The zero-order chi connectivity index (χ0) is 40.2. The number of aromatic nitrogens is 4. The van der Waals surface area contributed by atoms with Gasteiger partial charge in [-0.1, -0.05) is 38.8 Å². The largest absolute Gasteiger partial charge is 0.493 e. The molecule has 57 heavy (non-hydrogen) atoms. The van der Waals surface area contributed by atoms with Crippen LogP contribution in [0.5, 0.6) is 23.0 Å². The van der Waals surface area contributed by atoms with E-state index in [2.05, 4.69) is 33.8 Å². The molecule has 0 bridgehead atoms. The minimum absolute atomic E-state index is 0. The van der Waals surface area contributed by atoms with Gasteiger partial charge < -0.3 is 55.5 Å². The van der Waals surface area contributed by atoms with Crippen molar-refractivity contribution in [2.24, 2.45) is 0 Å². The highest BCUT2D eigenvalue weighted by Gasteiger charge is 2.24. The molecule has 2 fully saturated rings. The normalized spacial score (nSPS) is 14.4. The second kappa shape index (κ2) is 20.7. The Labute approximate surface area is 333 Å². The number of unbranched alkanes of at least 4 members (excludes halogenated alkanes) is 2. The number of allylic oxidation sites excluding steroid dienone is 2. The van der Waals surface area contributed by atoms with Gasteiger partial charge in [0.2, 0.25) is 23.7 Å². The fraction of sp³-hybridized carbons (Fsp3) is 0.450. The number of amides is 2. The lowest BCUT2D eigenvalue weighted by Crippen LogP contribution is -2.48. The second-order valence-electron chi connectivity index (χ2n) is 13.3. The topological polar surface area (TPSA) is 219 Å². The number of ether oxygens (including phenoxy) is 4. The van der Waals surface area contributed by atoms with Crippen LogP contribution in [0.25, 0.3) is 21.8 Å². The van der Waals surface area contributed by atoms with Gasteiger partial charge in [-0.25, -0.2) is 9.97 Å². The fourth-order valence-corrected chi connectivity index (χ4v) is 6.38. The number of nitrogens with zero attached hydrogens (tertiary/aromatic N) is 8. The lowest BCUT2D eigenvalue weighted by molar-refractivity contribution is -0.127. The summed E-state index contributed by atoms with van der Waals surface area (Å²) in [6.45, 7) is 9.33. The summed E-state index contributed by atoms with van der Waals surface area (Å²) >= 11 is 0. The van der Waals surface area contributed by atoms with Crippen LogP contribution >= 0.6 is 0 Å². The number of nitrogen functional groups attached to an aromatic ring is 2. The Balaban J connectivity index is 0.000000248. The molecule has 2 aliphatic rings. The number of piperazine rings is 2. The third kappa shape index (κ3) is 10.6. The Kier molecular flexibility index (Phi) is 15.9. The van der Waals surface area contributed by atoms with Gasteiger partial charge in [-0.2, -0.15) is 9.97 Å². The fourth-order valence-electron chi connectivity index (χ4n) is 6.38. The van der Waals surface area contributed by atoms with Crippen molar-refractivity contribution in [3.63, 3.8) is 0 Å². The van der Waals surface area contributed by atoms with Gasteiger partial charge in [0.25, 0.3) is 0 Å². The summed E-state index contributed by atoms with van der Waals surface area (Å²) in [6.07, 6.45) is 11.1. The zero-order valence-corrected chi connectivity index (χ0v) is 33.8. The SMILES string of the molecule is CCCC=CC(=O)N1CCN(c2nc(N)c3cc(OC)c(OC)cc3n2)CC1.CCCC=CC(=O)N1CCN(c2nc(N)c3cc(OC)c(OC)cc3n2)CC1.O. The maximum atomic E-state index is 12.2. The van der Waals surface area contributed by atoms with Gasteiger partial charge in [-0.05, 0) is 37.1 Å². The van der Waals surface area contributed by atoms with E-state index in [1.54, 1.807) is 64.9 Å². The van der Waals surface area contributed by atoms with Crippen LogP contribution in [-0.4, -0.2) is 128 Å². The predicted octanol–water partition coefficient (Wildman–Crippen LogP) is 3.64. The Morgan fingerprint density at radius 2 is 0.912 bits per heavy atom. The molecule has 2 aliphatic heterocycles. The van der Waals surface area contributed by atoms with Crippen molar-refractivity contribution in [3.8, 4) is 23.0 Å². The lowest BCUT2D eigenvalue weighted by atomic mass is 10.2. The van der Waals surface area contributed by atoms with Crippen LogP contribution in [-0.2, 0) is 9.59 Å². The van der Waals surface area contributed by atoms with E-state index in [4.69, 9.17) is 30.4 Å². The van der Waals surface area contributed by atoms with Crippen molar-refractivity contribution in [1.82, 2.24) is 29.7 Å². The van der Waals surface area contributed by atoms with Crippen LogP contribution in [0.1, 0.15) is 39.5 Å². The second-order valence-corrected chi connectivity index (χ2v) is 13.3. The third-order valence-electron chi connectivity index (χ3n) is 9.62. The van der Waals surface area contributed by atoms with E-state index in [1.165, 1.54) is 0 Å². The monoisotopic (exact) mass is 788 g/mol. The molecule has 0 atom stereocenters. The minimum Gasteiger partial charge on any atom is -0.493 e. The number of carbonyl (C=O) groups excluding carboxylic acids is 2. The molecule has 0 unspecified atom stereocenters. The summed E-state index contributed by atoms with van der Waals surface area (Å²) in [4.78, 5) is 50.5. The molecular weight excluding hydrogens is 733 g/mol. The molecule has 2 amide bonds. The van der Waals surface area contributed by atoms with E-state index in [-0.39, 0.29) is 17.3 Å². The van der Waals surface area contributed by atoms with Crippen LogP contribution in [0.2, 0.25) is 0 Å². The Morgan fingerprint density at radius 3 is 1.23 bits per heavy atom. The molecule has 308 valence electrons. The van der Waals surface area contributed by atoms with Gasteiger partial charge in [0.1, 0.15) is 11.6 Å². The molecule has 6 rings (SSSR count). The van der Waals surface area contributed by atoms with Crippen LogP contribution in [0, 0.1) is 0 Å². The molecule has 2 aromatic carbocycles. The number of nitrogens with two attached hydrogens (primary N) is 2. The molecule has 0 radical (unpaired) electrons. The molecule has 4 aromatic rings. The first-order chi connectivity index (χ1) is 27.1. The van der Waals surface area contributed by atoms with Crippen molar-refractivity contribution < 1.29 is 34.0 Å². The number of benzene rings is 2. The maximum absolute atomic E-state index is 12.2. The zero-order valence-electron chi connectivity index (χ0n) is 33.8. The summed E-state index contributed by atoms with van der Waals surface area (Å²) < 4.78 is 21.4. The number of rotatable bonds is 12. The Morgan fingerprint density at radius 1 is 0.579 bits per heavy atom. The maximum Gasteiger partial charge on any atom is 0.246 e. The van der Waals surface area contributed by atoms with Crippen LogP contribution < -0.4 is 40.2 Å². The average Bonchev–Trinajstić information content (AvgIpc) is 3.23. The van der Waals surface area contributed by atoms with E-state index in [9.17, 15) is 9.59 Å². The first kappa shape index (κ1) is 43.6. The third-order valence-corrected chi connectivity index (χ3v) is 9.62. The van der Waals surface area contributed by atoms with Crippen molar-refractivity contribution in [3.05, 3.63) is 48.6 Å². The van der Waals surface area contributed by atoms with Crippen LogP contribution in [0.15, 0.2) is 48.6 Å². The van der Waals surface area contributed by atoms with Crippen molar-refractivity contribution in [2.45, 2.75) is 39.5 Å². The van der Waals surface area contributed by atoms with Gasteiger partial charge in [0, 0.05) is 75.3 Å². The lowest BCUT2D eigenvalue weighted by Gasteiger charge is -2.34. The van der Waals surface area contributed by atoms with Crippen LogP contribution in [0.4, 0.5) is 23.5 Å². The van der Waals surface area contributed by atoms with Crippen molar-refractivity contribution in [1.29, 1.82) is 0 Å². The summed E-state index contributed by atoms with van der Waals surface area (Å²) in [7, 11) is 6.32. The van der Waals surface area contributed by atoms with Gasteiger partial charge in [-0.15, -0.1) is 0 Å². The predicted molar refractivity (Wildman–Crippen MR) is 223 cm³/mol. The first-order valence-corrected chi connectivity index (χ1v) is 18.9. The van der Waals surface area contributed by atoms with E-state index in [0.717, 1.165) is 36.5 Å². The molecular formula is C40H56N10O7.